The summed E-state index contributed by atoms with van der Waals surface area (Å²) >= 11 is 0. The van der Waals surface area contributed by atoms with Crippen molar-refractivity contribution in [3.63, 3.8) is 0 Å². The maximum atomic E-state index is 11.1. The summed E-state index contributed by atoms with van der Waals surface area (Å²) in [6.45, 7) is 0. The molecule has 0 aromatic heterocycles. The van der Waals surface area contributed by atoms with Crippen LogP contribution >= 0.6 is 0 Å². The molecule has 0 heterocycles. The number of hydrogen-bond donors (Lipinski definition) is 1. The second kappa shape index (κ2) is 4.69. The number of carbonyl (C=O) groups is 1. The molecule has 0 spiro atoms. The molecule has 0 fully saturated rings. The van der Waals surface area contributed by atoms with Crippen LogP contribution in [0.3, 0.4) is 0 Å². The number of hydrogen-bond acceptors (Lipinski definition) is 5. The minimum atomic E-state index is -0.768. The molecule has 1 rings (SSSR count). The van der Waals surface area contributed by atoms with Gasteiger partial charge in [-0.2, -0.15) is 0 Å². The maximum Gasteiger partial charge on any atom is 0.293 e. The maximum absolute atomic E-state index is 11.1. The van der Waals surface area contributed by atoms with Gasteiger partial charge in [0.15, 0.2) is 0 Å². The number of nitro groups is 1. The van der Waals surface area contributed by atoms with Gasteiger partial charge in [-0.25, -0.2) is 0 Å². The zero-order valence-corrected chi connectivity index (χ0v) is 9.76. The first-order chi connectivity index (χ1) is 7.88. The molecule has 7 nitrogen and oxygen atoms in total. The van der Waals surface area contributed by atoms with Gasteiger partial charge in [0.1, 0.15) is 11.4 Å². The fourth-order valence-corrected chi connectivity index (χ4v) is 1.42. The molecule has 0 radical (unpaired) electrons. The van der Waals surface area contributed by atoms with Crippen molar-refractivity contribution < 1.29 is 14.5 Å². The van der Waals surface area contributed by atoms with E-state index < -0.39 is 10.8 Å². The molecule has 17 heavy (non-hydrogen) atoms. The summed E-state index contributed by atoms with van der Waals surface area (Å²) in [4.78, 5) is 23.0. The number of primary amides is 1. The number of amides is 1. The Labute approximate surface area is 97.9 Å². The predicted octanol–water partition coefficient (Wildman–Crippen LogP) is 0.768. The minimum absolute atomic E-state index is 0.00944. The molecule has 0 aliphatic rings. The molecule has 7 heteroatoms. The summed E-state index contributed by atoms with van der Waals surface area (Å²) in [7, 11) is 4.68. The first kappa shape index (κ1) is 12.8. The van der Waals surface area contributed by atoms with E-state index in [0.717, 1.165) is 6.07 Å². The molecule has 92 valence electrons. The Kier molecular flexibility index (Phi) is 3.52. The monoisotopic (exact) mass is 239 g/mol. The number of methoxy groups -OCH3 is 1. The topological polar surface area (TPSA) is 98.7 Å². The van der Waals surface area contributed by atoms with E-state index in [0.29, 0.717) is 5.69 Å². The van der Waals surface area contributed by atoms with E-state index in [4.69, 9.17) is 10.5 Å². The molecule has 0 bridgehead atoms. The molecule has 0 unspecified atom stereocenters. The van der Waals surface area contributed by atoms with Gasteiger partial charge in [0, 0.05) is 26.2 Å². The zero-order chi connectivity index (χ0) is 13.2. The molecule has 1 amide bonds. The van der Waals surface area contributed by atoms with Crippen molar-refractivity contribution in [2.75, 3.05) is 26.1 Å². The highest BCUT2D eigenvalue weighted by molar-refractivity contribution is 5.97. The summed E-state index contributed by atoms with van der Waals surface area (Å²) in [5.41, 5.74) is 5.27. The van der Waals surface area contributed by atoms with Gasteiger partial charge >= 0.3 is 0 Å². The van der Waals surface area contributed by atoms with Crippen LogP contribution in [0.5, 0.6) is 5.75 Å². The lowest BCUT2D eigenvalue weighted by molar-refractivity contribution is -0.384. The number of carbonyl (C=O) groups excluding carboxylic acids is 1. The van der Waals surface area contributed by atoms with Gasteiger partial charge in [0.05, 0.1) is 17.6 Å². The van der Waals surface area contributed by atoms with Crippen LogP contribution in [-0.4, -0.2) is 32.0 Å². The Morgan fingerprint density at radius 1 is 1.47 bits per heavy atom. The van der Waals surface area contributed by atoms with E-state index in [1.165, 1.54) is 13.2 Å². The molecule has 0 aliphatic carbocycles. The summed E-state index contributed by atoms with van der Waals surface area (Å²) in [5.74, 6) is -0.554. The fourth-order valence-electron chi connectivity index (χ4n) is 1.42. The smallest absolute Gasteiger partial charge is 0.293 e. The second-order valence-corrected chi connectivity index (χ2v) is 3.56. The molecule has 0 aliphatic heterocycles. The average molecular weight is 239 g/mol. The summed E-state index contributed by atoms with van der Waals surface area (Å²) in [6, 6.07) is 2.54. The van der Waals surface area contributed by atoms with Crippen LogP contribution in [0, 0.1) is 10.1 Å². The standard InChI is InChI=1S/C10H13N3O4/c1-12(2)7-5-9(17-3)6(10(11)14)4-8(7)13(15)16/h4-5H,1-3H3,(H2,11,14). The Hall–Kier alpha value is -2.31. The molecule has 1 aromatic rings. The number of benzene rings is 1. The number of anilines is 1. The highest BCUT2D eigenvalue weighted by Crippen LogP contribution is 2.33. The van der Waals surface area contributed by atoms with Crippen LogP contribution in [0.4, 0.5) is 11.4 Å². The summed E-state index contributed by atoms with van der Waals surface area (Å²) < 4.78 is 4.98. The summed E-state index contributed by atoms with van der Waals surface area (Å²) in [5, 5.41) is 10.9. The zero-order valence-electron chi connectivity index (χ0n) is 9.76. The Morgan fingerprint density at radius 2 is 2.06 bits per heavy atom. The van der Waals surface area contributed by atoms with Crippen molar-refractivity contribution in [1.29, 1.82) is 0 Å². The summed E-state index contributed by atoms with van der Waals surface area (Å²) in [6.07, 6.45) is 0. The third-order valence-electron chi connectivity index (χ3n) is 2.24. The van der Waals surface area contributed by atoms with Crippen molar-refractivity contribution in [2.24, 2.45) is 5.73 Å². The van der Waals surface area contributed by atoms with E-state index in [-0.39, 0.29) is 17.0 Å². The number of nitrogens with two attached hydrogens (primary N) is 1. The lowest BCUT2D eigenvalue weighted by Crippen LogP contribution is -2.16. The lowest BCUT2D eigenvalue weighted by Gasteiger charge is -2.15. The fraction of sp³-hybridized carbons (Fsp3) is 0.300. The van der Waals surface area contributed by atoms with Gasteiger partial charge in [0.25, 0.3) is 11.6 Å². The molecule has 2 N–H and O–H groups in total. The number of ether oxygens (including phenoxy) is 1. The molecular weight excluding hydrogens is 226 g/mol. The normalized spacial score (nSPS) is 9.82. The van der Waals surface area contributed by atoms with Crippen LogP contribution < -0.4 is 15.4 Å². The Balaban J connectivity index is 3.53. The predicted molar refractivity (Wildman–Crippen MR) is 62.5 cm³/mol. The third kappa shape index (κ3) is 2.44. The van der Waals surface area contributed by atoms with Gasteiger partial charge in [-0.1, -0.05) is 0 Å². The van der Waals surface area contributed by atoms with Crippen molar-refractivity contribution in [3.8, 4) is 5.75 Å². The Morgan fingerprint density at radius 3 is 2.41 bits per heavy atom. The highest BCUT2D eigenvalue weighted by Gasteiger charge is 2.22. The molecule has 0 saturated carbocycles. The number of nitro benzene ring substituents is 1. The van der Waals surface area contributed by atoms with Crippen LogP contribution in [0.2, 0.25) is 0 Å². The van der Waals surface area contributed by atoms with Gasteiger partial charge < -0.3 is 15.4 Å². The van der Waals surface area contributed by atoms with Gasteiger partial charge in [-0.05, 0) is 0 Å². The van der Waals surface area contributed by atoms with E-state index in [1.807, 2.05) is 0 Å². The number of nitrogens with zero attached hydrogens (tertiary/aromatic N) is 2. The van der Waals surface area contributed by atoms with E-state index >= 15 is 0 Å². The first-order valence-corrected chi connectivity index (χ1v) is 4.72. The number of rotatable bonds is 4. The minimum Gasteiger partial charge on any atom is -0.496 e. The van der Waals surface area contributed by atoms with Crippen molar-refractivity contribution in [2.45, 2.75) is 0 Å². The van der Waals surface area contributed by atoms with Gasteiger partial charge in [-0.15, -0.1) is 0 Å². The van der Waals surface area contributed by atoms with Gasteiger partial charge in [0.2, 0.25) is 0 Å². The van der Waals surface area contributed by atoms with Crippen molar-refractivity contribution in [3.05, 3.63) is 27.8 Å². The average Bonchev–Trinajstić information content (AvgIpc) is 2.26. The lowest BCUT2D eigenvalue weighted by atomic mass is 10.1. The molecule has 0 atom stereocenters. The van der Waals surface area contributed by atoms with Crippen LogP contribution in [-0.2, 0) is 0 Å². The van der Waals surface area contributed by atoms with Crippen LogP contribution in [0.25, 0.3) is 0 Å². The van der Waals surface area contributed by atoms with Gasteiger partial charge in [-0.3, -0.25) is 14.9 Å². The van der Waals surface area contributed by atoms with Crippen molar-refractivity contribution >= 4 is 17.3 Å². The SMILES string of the molecule is COc1cc(N(C)C)c([N+](=O)[O-])cc1C(N)=O. The second-order valence-electron chi connectivity index (χ2n) is 3.56. The first-order valence-electron chi connectivity index (χ1n) is 4.72. The largest absolute Gasteiger partial charge is 0.496 e. The van der Waals surface area contributed by atoms with Crippen LogP contribution in [0.15, 0.2) is 12.1 Å². The molecule has 0 saturated heterocycles. The van der Waals surface area contributed by atoms with Crippen LogP contribution in [0.1, 0.15) is 10.4 Å². The van der Waals surface area contributed by atoms with E-state index in [9.17, 15) is 14.9 Å². The molecule has 1 aromatic carbocycles. The van der Waals surface area contributed by atoms with E-state index in [2.05, 4.69) is 0 Å². The molecular formula is C10H13N3O4. The van der Waals surface area contributed by atoms with Crippen molar-refractivity contribution in [1.82, 2.24) is 0 Å². The quantitative estimate of drug-likeness (QED) is 0.618. The highest BCUT2D eigenvalue weighted by atomic mass is 16.6. The Bertz CT molecular complexity index is 471. The van der Waals surface area contributed by atoms with E-state index in [1.54, 1.807) is 19.0 Å². The third-order valence-corrected chi connectivity index (χ3v) is 2.24.